The lowest BCUT2D eigenvalue weighted by atomic mass is 10.2. The number of rotatable bonds is 5. The van der Waals surface area contributed by atoms with E-state index >= 15 is 0 Å². The summed E-state index contributed by atoms with van der Waals surface area (Å²) < 4.78 is 0. The maximum absolute atomic E-state index is 11.6. The van der Waals surface area contributed by atoms with Gasteiger partial charge in [-0.05, 0) is 29.1 Å². The van der Waals surface area contributed by atoms with Gasteiger partial charge in [0.15, 0.2) is 0 Å². The molecule has 0 fully saturated rings. The smallest absolute Gasteiger partial charge is 0.261 e. The summed E-state index contributed by atoms with van der Waals surface area (Å²) in [4.78, 5) is 23.7. The van der Waals surface area contributed by atoms with Gasteiger partial charge < -0.3 is 5.32 Å². The second kappa shape index (κ2) is 7.56. The average Bonchev–Trinajstić information content (AvgIpc) is 2.99. The number of hydrogen-bond acceptors (Lipinski definition) is 4. The molecule has 2 N–H and O–H groups in total. The van der Waals surface area contributed by atoms with E-state index in [0.29, 0.717) is 9.90 Å². The van der Waals surface area contributed by atoms with Gasteiger partial charge in [0.2, 0.25) is 0 Å². The molecule has 1 aromatic carbocycles. The van der Waals surface area contributed by atoms with Gasteiger partial charge in [-0.3, -0.25) is 9.59 Å². The first-order valence-corrected chi connectivity index (χ1v) is 7.30. The van der Waals surface area contributed by atoms with Crippen molar-refractivity contribution in [2.24, 2.45) is 5.10 Å². The highest BCUT2D eigenvalue weighted by molar-refractivity contribution is 7.12. The third kappa shape index (κ3) is 5.02. The first-order chi connectivity index (χ1) is 10.1. The van der Waals surface area contributed by atoms with Crippen molar-refractivity contribution in [1.29, 1.82) is 0 Å². The van der Waals surface area contributed by atoms with Crippen molar-refractivity contribution in [3.8, 4) is 0 Å². The largest absolute Gasteiger partial charge is 0.342 e. The third-order valence-corrected chi connectivity index (χ3v) is 3.51. The predicted molar refractivity (Wildman–Crippen MR) is 83.8 cm³/mol. The van der Waals surface area contributed by atoms with Gasteiger partial charge in [0.05, 0.1) is 17.6 Å². The molecule has 0 saturated carbocycles. The number of amides is 2. The Bertz CT molecular complexity index is 656. The Morgan fingerprint density at radius 1 is 1.29 bits per heavy atom. The fraction of sp³-hybridized carbons (Fsp3) is 0.0714. The lowest BCUT2D eigenvalue weighted by molar-refractivity contribution is -0.120. The van der Waals surface area contributed by atoms with Crippen molar-refractivity contribution < 1.29 is 9.59 Å². The molecule has 2 aromatic rings. The van der Waals surface area contributed by atoms with E-state index in [4.69, 9.17) is 11.6 Å². The minimum absolute atomic E-state index is 0.135. The van der Waals surface area contributed by atoms with Gasteiger partial charge in [0, 0.05) is 5.02 Å². The summed E-state index contributed by atoms with van der Waals surface area (Å²) in [5, 5.41) is 8.69. The monoisotopic (exact) mass is 321 g/mol. The number of thiophene rings is 1. The molecule has 5 nitrogen and oxygen atoms in total. The number of nitrogens with zero attached hydrogens (tertiary/aromatic N) is 1. The highest BCUT2D eigenvalue weighted by Gasteiger charge is 2.07. The molecule has 0 aliphatic carbocycles. The highest BCUT2D eigenvalue weighted by atomic mass is 35.5. The van der Waals surface area contributed by atoms with Crippen LogP contribution in [0.2, 0.25) is 5.02 Å². The van der Waals surface area contributed by atoms with Gasteiger partial charge >= 0.3 is 0 Å². The van der Waals surface area contributed by atoms with Crippen LogP contribution >= 0.6 is 22.9 Å². The molecule has 0 aliphatic heterocycles. The van der Waals surface area contributed by atoms with E-state index in [1.807, 2.05) is 0 Å². The maximum atomic E-state index is 11.6. The summed E-state index contributed by atoms with van der Waals surface area (Å²) in [6.45, 7) is -0.135. The number of hydrazone groups is 1. The molecule has 0 aliphatic rings. The van der Waals surface area contributed by atoms with Crippen LogP contribution in [-0.4, -0.2) is 24.6 Å². The summed E-state index contributed by atoms with van der Waals surface area (Å²) in [7, 11) is 0. The van der Waals surface area contributed by atoms with Crippen LogP contribution in [0, 0.1) is 0 Å². The van der Waals surface area contributed by atoms with E-state index in [9.17, 15) is 9.59 Å². The van der Waals surface area contributed by atoms with Crippen molar-refractivity contribution in [1.82, 2.24) is 10.7 Å². The van der Waals surface area contributed by atoms with Crippen LogP contribution in [0.15, 0.2) is 46.9 Å². The van der Waals surface area contributed by atoms with Gasteiger partial charge in [-0.15, -0.1) is 11.3 Å². The van der Waals surface area contributed by atoms with E-state index < -0.39 is 5.91 Å². The Kier molecular flexibility index (Phi) is 5.48. The predicted octanol–water partition coefficient (Wildman–Crippen LogP) is 2.28. The van der Waals surface area contributed by atoms with Crippen molar-refractivity contribution >= 4 is 41.0 Å². The SMILES string of the molecule is O=C(CNC(=O)c1cccs1)N/N=C/c1cccc(Cl)c1. The van der Waals surface area contributed by atoms with Crippen LogP contribution in [0.1, 0.15) is 15.2 Å². The van der Waals surface area contributed by atoms with Crippen LogP contribution in [0.4, 0.5) is 0 Å². The molecule has 0 spiro atoms. The maximum Gasteiger partial charge on any atom is 0.261 e. The average molecular weight is 322 g/mol. The van der Waals surface area contributed by atoms with Crippen molar-refractivity contribution in [2.45, 2.75) is 0 Å². The molecule has 21 heavy (non-hydrogen) atoms. The highest BCUT2D eigenvalue weighted by Crippen LogP contribution is 2.08. The van der Waals surface area contributed by atoms with E-state index in [2.05, 4.69) is 15.8 Å². The quantitative estimate of drug-likeness (QED) is 0.655. The molecule has 0 unspecified atom stereocenters. The molecule has 7 heteroatoms. The van der Waals surface area contributed by atoms with Crippen LogP contribution in [0.25, 0.3) is 0 Å². The van der Waals surface area contributed by atoms with E-state index in [-0.39, 0.29) is 12.5 Å². The summed E-state index contributed by atoms with van der Waals surface area (Å²) in [5.41, 5.74) is 3.10. The van der Waals surface area contributed by atoms with Gasteiger partial charge in [-0.1, -0.05) is 29.8 Å². The summed E-state index contributed by atoms with van der Waals surface area (Å²) in [6, 6.07) is 10.5. The summed E-state index contributed by atoms with van der Waals surface area (Å²) in [5.74, 6) is -0.683. The zero-order chi connectivity index (χ0) is 15.1. The lowest BCUT2D eigenvalue weighted by Crippen LogP contribution is -2.34. The fourth-order valence-corrected chi connectivity index (χ4v) is 2.30. The first-order valence-electron chi connectivity index (χ1n) is 6.04. The molecule has 2 amide bonds. The molecule has 1 heterocycles. The molecule has 2 rings (SSSR count). The number of benzene rings is 1. The third-order valence-electron chi connectivity index (χ3n) is 2.41. The van der Waals surface area contributed by atoms with Gasteiger partial charge in [0.1, 0.15) is 0 Å². The van der Waals surface area contributed by atoms with Gasteiger partial charge in [-0.2, -0.15) is 5.10 Å². The minimum atomic E-state index is -0.404. The fourth-order valence-electron chi connectivity index (χ4n) is 1.46. The molecule has 0 saturated heterocycles. The second-order valence-electron chi connectivity index (χ2n) is 4.01. The van der Waals surface area contributed by atoms with Gasteiger partial charge in [-0.25, -0.2) is 5.43 Å². The van der Waals surface area contributed by atoms with Crippen LogP contribution in [0.3, 0.4) is 0 Å². The lowest BCUT2D eigenvalue weighted by Gasteiger charge is -2.02. The zero-order valence-corrected chi connectivity index (χ0v) is 12.4. The van der Waals surface area contributed by atoms with Gasteiger partial charge in [0.25, 0.3) is 11.8 Å². The Labute approximate surface area is 130 Å². The van der Waals surface area contributed by atoms with E-state index in [0.717, 1.165) is 5.56 Å². The topological polar surface area (TPSA) is 70.6 Å². The zero-order valence-electron chi connectivity index (χ0n) is 10.9. The van der Waals surface area contributed by atoms with E-state index in [1.54, 1.807) is 41.8 Å². The number of hydrogen-bond donors (Lipinski definition) is 2. The van der Waals surface area contributed by atoms with Crippen LogP contribution in [0.5, 0.6) is 0 Å². The van der Waals surface area contributed by atoms with Crippen molar-refractivity contribution in [3.05, 3.63) is 57.2 Å². The minimum Gasteiger partial charge on any atom is -0.342 e. The second-order valence-corrected chi connectivity index (χ2v) is 5.39. The molecule has 0 radical (unpaired) electrons. The number of halogens is 1. The number of carbonyl (C=O) groups excluding carboxylic acids is 2. The molecule has 108 valence electrons. The Balaban J connectivity index is 1.76. The summed E-state index contributed by atoms with van der Waals surface area (Å²) in [6.07, 6.45) is 1.48. The molecule has 0 bridgehead atoms. The first kappa shape index (κ1) is 15.2. The molecular formula is C14H12ClN3O2S. The van der Waals surface area contributed by atoms with Crippen LogP contribution < -0.4 is 10.7 Å². The van der Waals surface area contributed by atoms with Crippen LogP contribution in [-0.2, 0) is 4.79 Å². The Morgan fingerprint density at radius 3 is 2.86 bits per heavy atom. The normalized spacial score (nSPS) is 10.5. The molecular weight excluding hydrogens is 310 g/mol. The Morgan fingerprint density at radius 2 is 2.14 bits per heavy atom. The standard InChI is InChI=1S/C14H12ClN3O2S/c15-11-4-1-3-10(7-11)8-17-18-13(19)9-16-14(20)12-5-2-6-21-12/h1-8H,9H2,(H,16,20)(H,18,19)/b17-8+. The van der Waals surface area contributed by atoms with E-state index in [1.165, 1.54) is 17.6 Å². The van der Waals surface area contributed by atoms with Crippen molar-refractivity contribution in [2.75, 3.05) is 6.54 Å². The molecule has 0 atom stereocenters. The number of nitrogens with one attached hydrogen (secondary N) is 2. The molecule has 1 aromatic heterocycles. The number of carbonyl (C=O) groups is 2. The Hall–Kier alpha value is -2.18. The van der Waals surface area contributed by atoms with Crippen molar-refractivity contribution in [3.63, 3.8) is 0 Å². The summed E-state index contributed by atoms with van der Waals surface area (Å²) >= 11 is 7.14.